The number of nitrogens with one attached hydrogen (secondary N) is 1. The second-order valence-electron chi connectivity index (χ2n) is 4.27. The van der Waals surface area contributed by atoms with Crippen LogP contribution in [-0.4, -0.2) is 42.2 Å². The summed E-state index contributed by atoms with van der Waals surface area (Å²) in [6.45, 7) is 3.37. The molecule has 0 amide bonds. The van der Waals surface area contributed by atoms with Crippen molar-refractivity contribution in [2.75, 3.05) is 20.3 Å². The Hall–Kier alpha value is -1.69. The third-order valence-corrected chi connectivity index (χ3v) is 2.79. The van der Waals surface area contributed by atoms with Crippen LogP contribution in [0.3, 0.4) is 0 Å². The Kier molecular flexibility index (Phi) is 4.09. The third-order valence-electron chi connectivity index (χ3n) is 2.79. The van der Waals surface area contributed by atoms with E-state index >= 15 is 0 Å². The topological polar surface area (TPSA) is 73.3 Å². The molecule has 0 saturated carbocycles. The van der Waals surface area contributed by atoms with Crippen LogP contribution in [0.4, 0.5) is 0 Å². The summed E-state index contributed by atoms with van der Waals surface area (Å²) in [4.78, 5) is 19.4. The summed E-state index contributed by atoms with van der Waals surface area (Å²) in [5.41, 5.74) is 0.680. The number of aromatic nitrogens is 2. The number of rotatable bonds is 4. The van der Waals surface area contributed by atoms with Gasteiger partial charge < -0.3 is 14.8 Å². The Morgan fingerprint density at radius 3 is 3.06 bits per heavy atom. The van der Waals surface area contributed by atoms with Crippen LogP contribution in [0.25, 0.3) is 0 Å². The van der Waals surface area contributed by atoms with Crippen LogP contribution in [0.15, 0.2) is 6.07 Å². The lowest BCUT2D eigenvalue weighted by molar-refractivity contribution is 0.0584. The predicted molar refractivity (Wildman–Crippen MR) is 64.6 cm³/mol. The monoisotopic (exact) mass is 251 g/mol. The van der Waals surface area contributed by atoms with Crippen molar-refractivity contribution in [2.45, 2.75) is 25.8 Å². The lowest BCUT2D eigenvalue weighted by Crippen LogP contribution is -2.28. The molecule has 1 aliphatic heterocycles. The number of nitrogens with zero attached hydrogens (tertiary/aromatic N) is 2. The zero-order chi connectivity index (χ0) is 13.0. The van der Waals surface area contributed by atoms with Gasteiger partial charge in [-0.15, -0.1) is 0 Å². The first kappa shape index (κ1) is 12.8. The van der Waals surface area contributed by atoms with E-state index in [4.69, 9.17) is 4.74 Å². The Labute approximate surface area is 106 Å². The van der Waals surface area contributed by atoms with Gasteiger partial charge in [0.2, 0.25) is 11.7 Å². The maximum Gasteiger partial charge on any atom is 0.376 e. The molecule has 1 unspecified atom stereocenters. The fourth-order valence-corrected chi connectivity index (χ4v) is 1.88. The fraction of sp³-hybridized carbons (Fsp3) is 0.583. The molecule has 1 atom stereocenters. The fourth-order valence-electron chi connectivity index (χ4n) is 1.88. The van der Waals surface area contributed by atoms with Crippen molar-refractivity contribution in [3.63, 3.8) is 0 Å². The van der Waals surface area contributed by atoms with Gasteiger partial charge in [-0.25, -0.2) is 9.78 Å². The van der Waals surface area contributed by atoms with E-state index in [9.17, 15) is 4.79 Å². The SMILES string of the molecule is COC(=O)c1nc(C)cc(OCC2CCCN2)n1. The van der Waals surface area contributed by atoms with Gasteiger partial charge in [-0.3, -0.25) is 0 Å². The maximum atomic E-state index is 11.4. The normalized spacial score (nSPS) is 18.7. The molecule has 1 aromatic rings. The second-order valence-corrected chi connectivity index (χ2v) is 4.27. The van der Waals surface area contributed by atoms with E-state index in [1.165, 1.54) is 13.5 Å². The summed E-state index contributed by atoms with van der Waals surface area (Å²) in [5.74, 6) is -0.106. The molecule has 1 fully saturated rings. The lowest BCUT2D eigenvalue weighted by atomic mass is 10.2. The van der Waals surface area contributed by atoms with Crippen molar-refractivity contribution in [2.24, 2.45) is 0 Å². The molecule has 1 aromatic heterocycles. The van der Waals surface area contributed by atoms with Crippen molar-refractivity contribution < 1.29 is 14.3 Å². The van der Waals surface area contributed by atoms with Crippen LogP contribution < -0.4 is 10.1 Å². The number of carbonyl (C=O) groups is 1. The molecule has 1 saturated heterocycles. The van der Waals surface area contributed by atoms with Crippen molar-refractivity contribution in [3.8, 4) is 5.88 Å². The summed E-state index contributed by atoms with van der Waals surface area (Å²) in [7, 11) is 1.30. The smallest absolute Gasteiger partial charge is 0.376 e. The van der Waals surface area contributed by atoms with E-state index in [0.717, 1.165) is 13.0 Å². The standard InChI is InChI=1S/C12H17N3O3/c1-8-6-10(15-11(14-8)12(16)17-2)18-7-9-4-3-5-13-9/h6,9,13H,3-5,7H2,1-2H3. The van der Waals surface area contributed by atoms with Gasteiger partial charge in [-0.05, 0) is 26.3 Å². The van der Waals surface area contributed by atoms with Crippen LogP contribution in [0.2, 0.25) is 0 Å². The highest BCUT2D eigenvalue weighted by molar-refractivity contribution is 5.85. The first-order valence-electron chi connectivity index (χ1n) is 5.99. The van der Waals surface area contributed by atoms with Gasteiger partial charge in [-0.1, -0.05) is 0 Å². The molecule has 0 bridgehead atoms. The average Bonchev–Trinajstić information content (AvgIpc) is 2.88. The molecular weight excluding hydrogens is 234 g/mol. The van der Waals surface area contributed by atoms with Crippen molar-refractivity contribution in [1.29, 1.82) is 0 Å². The van der Waals surface area contributed by atoms with Gasteiger partial charge >= 0.3 is 5.97 Å². The van der Waals surface area contributed by atoms with Gasteiger partial charge in [0.15, 0.2) is 0 Å². The van der Waals surface area contributed by atoms with Crippen molar-refractivity contribution in [1.82, 2.24) is 15.3 Å². The summed E-state index contributed by atoms with van der Waals surface area (Å²) in [6.07, 6.45) is 2.28. The van der Waals surface area contributed by atoms with E-state index in [1.54, 1.807) is 13.0 Å². The highest BCUT2D eigenvalue weighted by Gasteiger charge is 2.16. The molecule has 6 heteroatoms. The zero-order valence-electron chi connectivity index (χ0n) is 10.6. The molecule has 2 heterocycles. The molecule has 18 heavy (non-hydrogen) atoms. The van der Waals surface area contributed by atoms with Gasteiger partial charge in [0, 0.05) is 17.8 Å². The summed E-state index contributed by atoms with van der Waals surface area (Å²) in [5, 5.41) is 3.33. The van der Waals surface area contributed by atoms with E-state index in [-0.39, 0.29) is 5.82 Å². The number of methoxy groups -OCH3 is 1. The molecule has 6 nitrogen and oxygen atoms in total. The molecule has 0 spiro atoms. The first-order chi connectivity index (χ1) is 8.69. The highest BCUT2D eigenvalue weighted by atomic mass is 16.5. The Morgan fingerprint density at radius 1 is 1.56 bits per heavy atom. The Balaban J connectivity index is 2.02. The first-order valence-corrected chi connectivity index (χ1v) is 5.99. The van der Waals surface area contributed by atoms with E-state index < -0.39 is 5.97 Å². The van der Waals surface area contributed by atoms with Crippen molar-refractivity contribution >= 4 is 5.97 Å². The van der Waals surface area contributed by atoms with Gasteiger partial charge in [-0.2, -0.15) is 4.98 Å². The minimum Gasteiger partial charge on any atom is -0.476 e. The minimum atomic E-state index is -0.553. The molecule has 1 N–H and O–H groups in total. The van der Waals surface area contributed by atoms with Gasteiger partial charge in [0.05, 0.1) is 7.11 Å². The average molecular weight is 251 g/mol. The summed E-state index contributed by atoms with van der Waals surface area (Å²) in [6, 6.07) is 2.07. The quantitative estimate of drug-likeness (QED) is 0.794. The Morgan fingerprint density at radius 2 is 2.39 bits per heavy atom. The maximum absolute atomic E-state index is 11.4. The summed E-state index contributed by atoms with van der Waals surface area (Å²) >= 11 is 0. The highest BCUT2D eigenvalue weighted by Crippen LogP contribution is 2.12. The predicted octanol–water partition coefficient (Wildman–Crippen LogP) is 0.702. The van der Waals surface area contributed by atoms with E-state index in [0.29, 0.717) is 24.2 Å². The van der Waals surface area contributed by atoms with Crippen LogP contribution in [0, 0.1) is 6.92 Å². The van der Waals surface area contributed by atoms with E-state index in [1.807, 2.05) is 0 Å². The van der Waals surface area contributed by atoms with E-state index in [2.05, 4.69) is 20.0 Å². The van der Waals surface area contributed by atoms with Crippen molar-refractivity contribution in [3.05, 3.63) is 17.6 Å². The number of ether oxygens (including phenoxy) is 2. The van der Waals surface area contributed by atoms with Gasteiger partial charge in [0.25, 0.3) is 0 Å². The summed E-state index contributed by atoms with van der Waals surface area (Å²) < 4.78 is 10.2. The number of esters is 1. The number of aryl methyl sites for hydroxylation is 1. The third kappa shape index (κ3) is 3.16. The number of carbonyl (C=O) groups excluding carboxylic acids is 1. The molecular formula is C12H17N3O3. The molecule has 0 aromatic carbocycles. The lowest BCUT2D eigenvalue weighted by Gasteiger charge is -2.12. The van der Waals surface area contributed by atoms with Crippen LogP contribution in [-0.2, 0) is 4.74 Å². The van der Waals surface area contributed by atoms with Crippen LogP contribution in [0.1, 0.15) is 29.2 Å². The van der Waals surface area contributed by atoms with Gasteiger partial charge in [0.1, 0.15) is 6.61 Å². The number of hydrogen-bond donors (Lipinski definition) is 1. The molecule has 2 rings (SSSR count). The van der Waals surface area contributed by atoms with Crippen LogP contribution >= 0.6 is 0 Å². The largest absolute Gasteiger partial charge is 0.476 e. The molecule has 98 valence electrons. The Bertz CT molecular complexity index is 431. The molecule has 0 radical (unpaired) electrons. The number of hydrogen-bond acceptors (Lipinski definition) is 6. The zero-order valence-corrected chi connectivity index (χ0v) is 10.6. The molecule has 1 aliphatic rings. The second kappa shape index (κ2) is 5.77. The minimum absolute atomic E-state index is 0.0341. The molecule has 0 aliphatic carbocycles. The van der Waals surface area contributed by atoms with Crippen LogP contribution in [0.5, 0.6) is 5.88 Å².